The van der Waals surface area contributed by atoms with Gasteiger partial charge in [0.25, 0.3) is 0 Å². The van der Waals surface area contributed by atoms with E-state index >= 15 is 0 Å². The molecule has 5 aliphatic carbocycles. The van der Waals surface area contributed by atoms with E-state index in [1.165, 1.54) is 51.2 Å². The maximum absolute atomic E-state index is 12.6. The van der Waals surface area contributed by atoms with Gasteiger partial charge in [-0.05, 0) is 97.7 Å². The summed E-state index contributed by atoms with van der Waals surface area (Å²) in [6.07, 6.45) is 14.6. The van der Waals surface area contributed by atoms with Crippen LogP contribution < -0.4 is 0 Å². The minimum absolute atomic E-state index is 0.0310. The van der Waals surface area contributed by atoms with Gasteiger partial charge in [-0.3, -0.25) is 4.79 Å². The molecule has 0 aromatic heterocycles. The summed E-state index contributed by atoms with van der Waals surface area (Å²) < 4.78 is 0. The maximum Gasteiger partial charge on any atom is 0.136 e. The van der Waals surface area contributed by atoms with Crippen LogP contribution in [-0.2, 0) is 9.59 Å². The predicted octanol–water partition coefficient (Wildman–Crippen LogP) is 6.22. The fraction of sp³-hybridized carbons (Fsp3) is 0.923. The fourth-order valence-electron chi connectivity index (χ4n) is 10.1. The molecular weight excluding hydrogens is 344 g/mol. The zero-order valence-electron chi connectivity index (χ0n) is 18.6. The molecule has 9 unspecified atom stereocenters. The Morgan fingerprint density at radius 2 is 1.64 bits per heavy atom. The average molecular weight is 385 g/mol. The van der Waals surface area contributed by atoms with Gasteiger partial charge in [-0.2, -0.15) is 0 Å². The van der Waals surface area contributed by atoms with Gasteiger partial charge in [0.15, 0.2) is 0 Å². The number of carbonyl (C=O) groups excluding carboxylic acids is 2. The van der Waals surface area contributed by atoms with Gasteiger partial charge in [-0.15, -0.1) is 0 Å². The van der Waals surface area contributed by atoms with Gasteiger partial charge in [0.2, 0.25) is 0 Å². The van der Waals surface area contributed by atoms with Crippen LogP contribution in [0.4, 0.5) is 0 Å². The van der Waals surface area contributed by atoms with Crippen molar-refractivity contribution in [3.8, 4) is 0 Å². The Hall–Kier alpha value is -0.660. The van der Waals surface area contributed by atoms with E-state index in [1.54, 1.807) is 0 Å². The highest BCUT2D eigenvalue weighted by Crippen LogP contribution is 2.74. The normalized spacial score (nSPS) is 58.3. The van der Waals surface area contributed by atoms with Crippen molar-refractivity contribution < 1.29 is 9.59 Å². The molecule has 5 saturated carbocycles. The Bertz CT molecular complexity index is 699. The van der Waals surface area contributed by atoms with E-state index in [2.05, 4.69) is 27.7 Å². The summed E-state index contributed by atoms with van der Waals surface area (Å²) in [7, 11) is 0. The Morgan fingerprint density at radius 3 is 2.39 bits per heavy atom. The summed E-state index contributed by atoms with van der Waals surface area (Å²) >= 11 is 0. The molecule has 0 heterocycles. The van der Waals surface area contributed by atoms with E-state index in [-0.39, 0.29) is 16.7 Å². The third-order valence-electron chi connectivity index (χ3n) is 12.1. The molecule has 5 fully saturated rings. The SMILES string of the molecule is CC1C(=O)CCC2(C)C3CCC4C5CCCC5(C=O)CCC4C3(C)CCC12C. The van der Waals surface area contributed by atoms with Gasteiger partial charge in [0.05, 0.1) is 0 Å². The molecule has 0 amide bonds. The number of rotatable bonds is 1. The van der Waals surface area contributed by atoms with E-state index in [1.807, 2.05) is 0 Å². The quantitative estimate of drug-likeness (QED) is 0.503. The van der Waals surface area contributed by atoms with Gasteiger partial charge in [-0.1, -0.05) is 34.1 Å². The standard InChI is InChI=1S/C26H40O2/c1-17-21(28)10-12-25(4)22-8-7-18-19(23(22,2)14-15-24(17,25)3)9-13-26(16-27)11-5-6-20(18)26/h16-20,22H,5-15H2,1-4H3. The highest BCUT2D eigenvalue weighted by molar-refractivity contribution is 5.82. The van der Waals surface area contributed by atoms with Crippen molar-refractivity contribution in [2.45, 2.75) is 98.3 Å². The van der Waals surface area contributed by atoms with E-state index in [4.69, 9.17) is 0 Å². The topological polar surface area (TPSA) is 34.1 Å². The molecule has 156 valence electrons. The number of carbonyl (C=O) groups is 2. The Labute approximate surface area is 171 Å². The molecule has 0 aliphatic heterocycles. The molecule has 5 rings (SSSR count). The molecule has 0 radical (unpaired) electrons. The van der Waals surface area contributed by atoms with Gasteiger partial charge in [-0.25, -0.2) is 0 Å². The number of ketones is 1. The van der Waals surface area contributed by atoms with Crippen LogP contribution in [0.1, 0.15) is 98.3 Å². The van der Waals surface area contributed by atoms with Crippen molar-refractivity contribution in [1.82, 2.24) is 0 Å². The number of Topliss-reactive ketones (excluding diaryl/α,β-unsaturated/α-hetero) is 1. The van der Waals surface area contributed by atoms with Gasteiger partial charge < -0.3 is 4.79 Å². The van der Waals surface area contributed by atoms with Gasteiger partial charge in [0.1, 0.15) is 12.1 Å². The second-order valence-electron chi connectivity index (χ2n) is 12.3. The monoisotopic (exact) mass is 384 g/mol. The molecule has 0 aromatic rings. The van der Waals surface area contributed by atoms with Crippen molar-refractivity contribution in [2.75, 3.05) is 0 Å². The summed E-state index contributed by atoms with van der Waals surface area (Å²) in [5.74, 6) is 3.72. The van der Waals surface area contributed by atoms with Crippen molar-refractivity contribution >= 4 is 12.1 Å². The molecule has 2 heteroatoms. The van der Waals surface area contributed by atoms with Crippen LogP contribution in [0.3, 0.4) is 0 Å². The first kappa shape index (κ1) is 19.3. The molecule has 0 aromatic carbocycles. The van der Waals surface area contributed by atoms with Crippen LogP contribution in [-0.4, -0.2) is 12.1 Å². The molecule has 0 bridgehead atoms. The van der Waals surface area contributed by atoms with E-state index < -0.39 is 0 Å². The number of fused-ring (bicyclic) bond motifs is 7. The summed E-state index contributed by atoms with van der Waals surface area (Å²) in [5.41, 5.74) is 0.916. The number of aldehydes is 1. The molecule has 2 nitrogen and oxygen atoms in total. The van der Waals surface area contributed by atoms with E-state index in [0.29, 0.717) is 22.5 Å². The van der Waals surface area contributed by atoms with Crippen LogP contribution >= 0.6 is 0 Å². The molecular formula is C26H40O2. The van der Waals surface area contributed by atoms with Crippen LogP contribution in [0, 0.1) is 51.2 Å². The lowest BCUT2D eigenvalue weighted by atomic mass is 9.34. The highest BCUT2D eigenvalue weighted by atomic mass is 16.1. The van der Waals surface area contributed by atoms with Crippen LogP contribution in [0.5, 0.6) is 0 Å². The highest BCUT2D eigenvalue weighted by Gasteiger charge is 2.67. The third kappa shape index (κ3) is 2.11. The largest absolute Gasteiger partial charge is 0.303 e. The Morgan fingerprint density at radius 1 is 0.857 bits per heavy atom. The van der Waals surface area contributed by atoms with Crippen molar-refractivity contribution in [1.29, 1.82) is 0 Å². The van der Waals surface area contributed by atoms with Crippen LogP contribution in [0.15, 0.2) is 0 Å². The zero-order valence-corrected chi connectivity index (χ0v) is 18.6. The third-order valence-corrected chi connectivity index (χ3v) is 12.1. The first-order chi connectivity index (χ1) is 13.2. The van der Waals surface area contributed by atoms with Gasteiger partial charge in [0, 0.05) is 17.8 Å². The minimum Gasteiger partial charge on any atom is -0.303 e. The Kier molecular flexibility index (Phi) is 4.10. The summed E-state index contributed by atoms with van der Waals surface area (Å²) in [6.45, 7) is 9.87. The van der Waals surface area contributed by atoms with Crippen molar-refractivity contribution in [2.24, 2.45) is 51.2 Å². The second kappa shape index (κ2) is 5.94. The van der Waals surface area contributed by atoms with E-state index in [0.717, 1.165) is 43.4 Å². The Balaban J connectivity index is 1.51. The molecule has 0 saturated heterocycles. The van der Waals surface area contributed by atoms with Crippen LogP contribution in [0.2, 0.25) is 0 Å². The smallest absolute Gasteiger partial charge is 0.136 e. The summed E-state index contributed by atoms with van der Waals surface area (Å²) in [5, 5.41) is 0. The lowest BCUT2D eigenvalue weighted by Crippen LogP contribution is -2.64. The van der Waals surface area contributed by atoms with Crippen molar-refractivity contribution in [3.05, 3.63) is 0 Å². The lowest BCUT2D eigenvalue weighted by Gasteiger charge is -2.70. The number of hydrogen-bond acceptors (Lipinski definition) is 2. The minimum atomic E-state index is 0.0310. The maximum atomic E-state index is 12.6. The van der Waals surface area contributed by atoms with Gasteiger partial charge >= 0.3 is 0 Å². The fourth-order valence-corrected chi connectivity index (χ4v) is 10.1. The lowest BCUT2D eigenvalue weighted by molar-refractivity contribution is -0.213. The zero-order chi connectivity index (χ0) is 19.9. The molecule has 5 aliphatic rings. The molecule has 9 atom stereocenters. The summed E-state index contributed by atoms with van der Waals surface area (Å²) in [6, 6.07) is 0. The first-order valence-electron chi connectivity index (χ1n) is 12.2. The summed E-state index contributed by atoms with van der Waals surface area (Å²) in [4.78, 5) is 24.7. The van der Waals surface area contributed by atoms with E-state index in [9.17, 15) is 9.59 Å². The average Bonchev–Trinajstić information content (AvgIpc) is 3.13. The molecule has 0 N–H and O–H groups in total. The number of hydrogen-bond donors (Lipinski definition) is 0. The predicted molar refractivity (Wildman–Crippen MR) is 112 cm³/mol. The second-order valence-corrected chi connectivity index (χ2v) is 12.3. The molecule has 0 spiro atoms. The van der Waals surface area contributed by atoms with Crippen molar-refractivity contribution in [3.63, 3.8) is 0 Å². The molecule has 28 heavy (non-hydrogen) atoms. The van der Waals surface area contributed by atoms with Crippen LogP contribution in [0.25, 0.3) is 0 Å². The first-order valence-corrected chi connectivity index (χ1v) is 12.2.